The maximum Gasteiger partial charge on any atom is 0.315 e. The first-order valence-corrected chi connectivity index (χ1v) is 6.38. The molecule has 0 bridgehead atoms. The van der Waals surface area contributed by atoms with Gasteiger partial charge in [0.25, 0.3) is 0 Å². The number of nitrogens with zero attached hydrogens (tertiary/aromatic N) is 2. The highest BCUT2D eigenvalue weighted by Gasteiger charge is 2.22. The Morgan fingerprint density at radius 3 is 2.89 bits per heavy atom. The maximum absolute atomic E-state index is 11.0. The highest BCUT2D eigenvalue weighted by molar-refractivity contribution is 5.76. The van der Waals surface area contributed by atoms with Crippen LogP contribution in [0.3, 0.4) is 0 Å². The third-order valence-corrected chi connectivity index (χ3v) is 3.18. The SMILES string of the molecule is O=C1CCC(Nc2nnc(CNC3CC3)o2)CN1. The molecule has 18 heavy (non-hydrogen) atoms. The highest BCUT2D eigenvalue weighted by Crippen LogP contribution is 2.19. The van der Waals surface area contributed by atoms with Crippen molar-refractivity contribution in [2.24, 2.45) is 0 Å². The summed E-state index contributed by atoms with van der Waals surface area (Å²) in [7, 11) is 0. The Labute approximate surface area is 105 Å². The van der Waals surface area contributed by atoms with Crippen molar-refractivity contribution in [2.75, 3.05) is 11.9 Å². The van der Waals surface area contributed by atoms with E-state index in [1.54, 1.807) is 0 Å². The molecule has 1 saturated heterocycles. The molecule has 7 heteroatoms. The summed E-state index contributed by atoms with van der Waals surface area (Å²) in [6.07, 6.45) is 3.81. The lowest BCUT2D eigenvalue weighted by Crippen LogP contribution is -2.41. The van der Waals surface area contributed by atoms with Crippen LogP contribution >= 0.6 is 0 Å². The predicted molar refractivity (Wildman–Crippen MR) is 63.8 cm³/mol. The maximum atomic E-state index is 11.0. The van der Waals surface area contributed by atoms with Gasteiger partial charge in [-0.2, -0.15) is 0 Å². The number of aromatic nitrogens is 2. The Morgan fingerprint density at radius 1 is 1.28 bits per heavy atom. The smallest absolute Gasteiger partial charge is 0.315 e. The minimum Gasteiger partial charge on any atom is -0.407 e. The van der Waals surface area contributed by atoms with E-state index in [9.17, 15) is 4.79 Å². The van der Waals surface area contributed by atoms with E-state index < -0.39 is 0 Å². The molecule has 0 aromatic carbocycles. The third kappa shape index (κ3) is 2.98. The van der Waals surface area contributed by atoms with Crippen LogP contribution in [0.2, 0.25) is 0 Å². The number of carbonyl (C=O) groups is 1. The Kier molecular flexibility index (Phi) is 3.14. The van der Waals surface area contributed by atoms with Crippen molar-refractivity contribution in [1.29, 1.82) is 0 Å². The molecule has 1 aliphatic carbocycles. The molecule has 3 rings (SSSR count). The van der Waals surface area contributed by atoms with E-state index in [1.807, 2.05) is 0 Å². The van der Waals surface area contributed by atoms with Crippen LogP contribution in [0.15, 0.2) is 4.42 Å². The van der Waals surface area contributed by atoms with Crippen LogP contribution in [-0.2, 0) is 11.3 Å². The summed E-state index contributed by atoms with van der Waals surface area (Å²) in [5.41, 5.74) is 0. The van der Waals surface area contributed by atoms with Crippen molar-refractivity contribution in [2.45, 2.75) is 44.3 Å². The van der Waals surface area contributed by atoms with Crippen molar-refractivity contribution in [3.8, 4) is 0 Å². The topological polar surface area (TPSA) is 92.1 Å². The van der Waals surface area contributed by atoms with Crippen LogP contribution in [0.5, 0.6) is 0 Å². The number of piperidine rings is 1. The fraction of sp³-hybridized carbons (Fsp3) is 0.727. The first-order chi connectivity index (χ1) is 8.79. The summed E-state index contributed by atoms with van der Waals surface area (Å²) in [5, 5.41) is 17.2. The van der Waals surface area contributed by atoms with Crippen molar-refractivity contribution < 1.29 is 9.21 Å². The van der Waals surface area contributed by atoms with Crippen LogP contribution in [0.1, 0.15) is 31.6 Å². The van der Waals surface area contributed by atoms with Gasteiger partial charge in [-0.3, -0.25) is 4.79 Å². The molecule has 0 spiro atoms. The summed E-state index contributed by atoms with van der Waals surface area (Å²) in [5.74, 6) is 0.706. The number of hydrogen-bond donors (Lipinski definition) is 3. The number of nitrogens with one attached hydrogen (secondary N) is 3. The molecular formula is C11H17N5O2. The zero-order chi connectivity index (χ0) is 12.4. The van der Waals surface area contributed by atoms with Gasteiger partial charge in [-0.1, -0.05) is 5.10 Å². The molecule has 2 fully saturated rings. The number of anilines is 1. The quantitative estimate of drug-likeness (QED) is 0.683. The zero-order valence-corrected chi connectivity index (χ0v) is 10.1. The second-order valence-corrected chi connectivity index (χ2v) is 4.84. The Bertz CT molecular complexity index is 419. The van der Waals surface area contributed by atoms with Crippen LogP contribution in [-0.4, -0.2) is 34.7 Å². The minimum atomic E-state index is 0.105. The summed E-state index contributed by atoms with van der Waals surface area (Å²) in [4.78, 5) is 11.0. The van der Waals surface area contributed by atoms with Crippen molar-refractivity contribution in [1.82, 2.24) is 20.8 Å². The van der Waals surface area contributed by atoms with Crippen LogP contribution < -0.4 is 16.0 Å². The molecule has 1 unspecified atom stereocenters. The van der Waals surface area contributed by atoms with Crippen LogP contribution in [0, 0.1) is 0 Å². The molecule has 1 atom stereocenters. The molecule has 1 amide bonds. The van der Waals surface area contributed by atoms with Crippen LogP contribution in [0.25, 0.3) is 0 Å². The number of hydrogen-bond acceptors (Lipinski definition) is 6. The van der Waals surface area contributed by atoms with E-state index >= 15 is 0 Å². The molecule has 1 aromatic rings. The standard InChI is InChI=1S/C11H17N5O2/c17-9-4-3-8(5-13-9)14-11-16-15-10(18-11)6-12-7-1-2-7/h7-8,12H,1-6H2,(H,13,17)(H,14,16). The zero-order valence-electron chi connectivity index (χ0n) is 10.1. The summed E-state index contributed by atoms with van der Waals surface area (Å²) >= 11 is 0. The summed E-state index contributed by atoms with van der Waals surface area (Å²) in [6, 6.07) is 1.23. The van der Waals surface area contributed by atoms with E-state index in [2.05, 4.69) is 26.1 Å². The summed E-state index contributed by atoms with van der Waals surface area (Å²) in [6.45, 7) is 1.23. The van der Waals surface area contributed by atoms with Gasteiger partial charge < -0.3 is 20.4 Å². The van der Waals surface area contributed by atoms with Crippen molar-refractivity contribution in [3.05, 3.63) is 5.89 Å². The first-order valence-electron chi connectivity index (χ1n) is 6.38. The van der Waals surface area contributed by atoms with Gasteiger partial charge in [0, 0.05) is 25.0 Å². The van der Waals surface area contributed by atoms with E-state index in [4.69, 9.17) is 4.42 Å². The molecule has 7 nitrogen and oxygen atoms in total. The lowest BCUT2D eigenvalue weighted by Gasteiger charge is -2.22. The third-order valence-electron chi connectivity index (χ3n) is 3.18. The van der Waals surface area contributed by atoms with Crippen molar-refractivity contribution >= 4 is 11.9 Å². The van der Waals surface area contributed by atoms with Gasteiger partial charge in [0.2, 0.25) is 11.8 Å². The normalized spacial score (nSPS) is 23.8. The average molecular weight is 251 g/mol. The first kappa shape index (κ1) is 11.5. The van der Waals surface area contributed by atoms with Gasteiger partial charge in [-0.05, 0) is 19.3 Å². The van der Waals surface area contributed by atoms with Gasteiger partial charge >= 0.3 is 6.01 Å². The lowest BCUT2D eigenvalue weighted by molar-refractivity contribution is -0.122. The molecular weight excluding hydrogens is 234 g/mol. The fourth-order valence-electron chi connectivity index (χ4n) is 1.93. The van der Waals surface area contributed by atoms with Crippen LogP contribution in [0.4, 0.5) is 6.01 Å². The van der Waals surface area contributed by atoms with E-state index in [0.717, 1.165) is 6.42 Å². The van der Waals surface area contributed by atoms with Gasteiger partial charge in [0.05, 0.1) is 6.54 Å². The Balaban J connectivity index is 1.48. The Hall–Kier alpha value is -1.63. The molecule has 2 aliphatic rings. The summed E-state index contributed by atoms with van der Waals surface area (Å²) < 4.78 is 5.48. The van der Waals surface area contributed by atoms with Gasteiger partial charge in [-0.25, -0.2) is 0 Å². The molecule has 0 radical (unpaired) electrons. The lowest BCUT2D eigenvalue weighted by atomic mass is 10.1. The molecule has 2 heterocycles. The van der Waals surface area contributed by atoms with E-state index in [1.165, 1.54) is 12.8 Å². The largest absolute Gasteiger partial charge is 0.407 e. The second-order valence-electron chi connectivity index (χ2n) is 4.84. The Morgan fingerprint density at radius 2 is 2.17 bits per heavy atom. The molecule has 1 aliphatic heterocycles. The van der Waals surface area contributed by atoms with E-state index in [-0.39, 0.29) is 11.9 Å². The predicted octanol–water partition coefficient (Wildman–Crippen LogP) is 0.0121. The van der Waals surface area contributed by atoms with Gasteiger partial charge in [0.1, 0.15) is 0 Å². The highest BCUT2D eigenvalue weighted by atomic mass is 16.4. The average Bonchev–Trinajstić information content (AvgIpc) is 3.10. The van der Waals surface area contributed by atoms with Gasteiger partial charge in [-0.15, -0.1) is 5.10 Å². The monoisotopic (exact) mass is 251 g/mol. The number of amides is 1. The van der Waals surface area contributed by atoms with E-state index in [0.29, 0.717) is 37.5 Å². The molecule has 3 N–H and O–H groups in total. The molecule has 1 saturated carbocycles. The fourth-order valence-corrected chi connectivity index (χ4v) is 1.93. The molecule has 1 aromatic heterocycles. The number of carbonyl (C=O) groups excluding carboxylic acids is 1. The second kappa shape index (κ2) is 4.93. The minimum absolute atomic E-state index is 0.105. The number of rotatable bonds is 5. The molecule has 98 valence electrons. The van der Waals surface area contributed by atoms with Crippen molar-refractivity contribution in [3.63, 3.8) is 0 Å². The van der Waals surface area contributed by atoms with Gasteiger partial charge in [0.15, 0.2) is 0 Å².